The zero-order valence-electron chi connectivity index (χ0n) is 35.1. The fourth-order valence-electron chi connectivity index (χ4n) is 7.85. The van der Waals surface area contributed by atoms with Gasteiger partial charge in [-0.05, 0) is 91.7 Å². The molecule has 0 saturated carbocycles. The molecule has 3 N–H and O–H groups in total. The lowest BCUT2D eigenvalue weighted by Gasteiger charge is -2.37. The highest BCUT2D eigenvalue weighted by molar-refractivity contribution is 5.79. The third-order valence-corrected chi connectivity index (χ3v) is 11.1. The monoisotopic (exact) mass is 766 g/mol. The Hall–Kier alpha value is -3.55. The number of esters is 2. The third-order valence-electron chi connectivity index (χ3n) is 11.1. The van der Waals surface area contributed by atoms with Gasteiger partial charge >= 0.3 is 11.9 Å². The van der Waals surface area contributed by atoms with Crippen molar-refractivity contribution in [2.24, 2.45) is 11.8 Å². The van der Waals surface area contributed by atoms with Crippen LogP contribution in [0.5, 0.6) is 11.5 Å². The minimum atomic E-state index is -0.632. The normalized spacial score (nSPS) is 17.2. The largest absolute Gasteiger partial charge is 0.508 e. The lowest BCUT2D eigenvalue weighted by Crippen LogP contribution is -2.48. The molecule has 6 atom stereocenters. The van der Waals surface area contributed by atoms with Gasteiger partial charge in [-0.1, -0.05) is 143 Å². The molecule has 0 aromatic heterocycles. The predicted molar refractivity (Wildman–Crippen MR) is 223 cm³/mol. The zero-order valence-corrected chi connectivity index (χ0v) is 35.1. The summed E-state index contributed by atoms with van der Waals surface area (Å²) in [4.78, 5) is 36.0. The number of phenolic OH excluding ortho intramolecular Hbond substituents is 2. The number of cyclic esters (lactones) is 1. The van der Waals surface area contributed by atoms with Crippen LogP contribution in [0.3, 0.4) is 0 Å². The molecule has 0 radical (unpaired) electrons. The van der Waals surface area contributed by atoms with E-state index in [1.165, 1.54) is 68.9 Å². The molecule has 2 aromatic rings. The molecule has 0 bridgehead atoms. The van der Waals surface area contributed by atoms with Crippen LogP contribution in [0.1, 0.15) is 187 Å². The van der Waals surface area contributed by atoms with E-state index >= 15 is 0 Å². The SMILES string of the molecule is CCCCCCCCCCC[C@@H](C[C@@H]1OC(=O)[C@H]1CCCCCC)OC(=O)[C@H](CC(C)C)NC=O.CC[C@H](c1ccc(O)cc1)[C@@H](CC)c1ccc(O)cc1. The Labute approximate surface area is 333 Å². The minimum Gasteiger partial charge on any atom is -0.508 e. The lowest BCUT2D eigenvalue weighted by molar-refractivity contribution is -0.190. The summed E-state index contributed by atoms with van der Waals surface area (Å²) in [6.07, 6.45) is 20.6. The van der Waals surface area contributed by atoms with E-state index in [-0.39, 0.29) is 36.0 Å². The summed E-state index contributed by atoms with van der Waals surface area (Å²) in [6, 6.07) is 14.4. The summed E-state index contributed by atoms with van der Waals surface area (Å²) in [5, 5.41) is 21.5. The van der Waals surface area contributed by atoms with Crippen molar-refractivity contribution >= 4 is 18.3 Å². The van der Waals surface area contributed by atoms with Crippen molar-refractivity contribution in [2.45, 2.75) is 194 Å². The van der Waals surface area contributed by atoms with Gasteiger partial charge in [0.25, 0.3) is 0 Å². The number of carbonyl (C=O) groups excluding carboxylic acids is 3. The van der Waals surface area contributed by atoms with E-state index in [0.717, 1.165) is 51.4 Å². The number of aromatic hydroxyl groups is 2. The Morgan fingerprint density at radius 2 is 1.22 bits per heavy atom. The number of rotatable bonds is 28. The third kappa shape index (κ3) is 18.3. The van der Waals surface area contributed by atoms with Crippen LogP contribution < -0.4 is 5.32 Å². The molecule has 0 spiro atoms. The number of hydrogen-bond acceptors (Lipinski definition) is 7. The van der Waals surface area contributed by atoms with E-state index in [4.69, 9.17) is 9.47 Å². The van der Waals surface area contributed by atoms with Gasteiger partial charge in [0.2, 0.25) is 6.41 Å². The molecule has 1 aliphatic rings. The summed E-state index contributed by atoms with van der Waals surface area (Å²) in [6.45, 7) is 12.8. The van der Waals surface area contributed by atoms with Crippen molar-refractivity contribution in [3.8, 4) is 11.5 Å². The van der Waals surface area contributed by atoms with E-state index in [1.54, 1.807) is 24.3 Å². The number of ether oxygens (including phenoxy) is 2. The zero-order chi connectivity index (χ0) is 40.4. The molecular formula is C47H75NO7. The standard InChI is InChI=1S/C29H53NO5.C18H22O2/c1-5-7-9-11-12-13-14-15-16-18-24(34-29(33)26(30-22-31)20-23(3)4)21-27-25(28(32)35-27)19-17-10-8-6-2;1-3-17(13-5-9-15(19)10-6-13)18(4-2)14-7-11-16(20)12-8-14/h22-27H,5-21H2,1-4H3,(H,30,31);5-12,17-20H,3-4H2,1-2H3/t24-,25-,26-,27-;17-,18+/m0./s1. The predicted octanol–water partition coefficient (Wildman–Crippen LogP) is 11.7. The van der Waals surface area contributed by atoms with Crippen molar-refractivity contribution in [1.82, 2.24) is 5.32 Å². The van der Waals surface area contributed by atoms with Crippen molar-refractivity contribution < 1.29 is 34.1 Å². The van der Waals surface area contributed by atoms with Gasteiger partial charge in [-0.3, -0.25) is 9.59 Å². The Kier molecular flexibility index (Phi) is 24.2. The first-order valence-corrected chi connectivity index (χ1v) is 21.8. The molecule has 1 fully saturated rings. The summed E-state index contributed by atoms with van der Waals surface area (Å²) >= 11 is 0. The fraction of sp³-hybridized carbons (Fsp3) is 0.681. The first-order valence-electron chi connectivity index (χ1n) is 21.8. The Morgan fingerprint density at radius 1 is 0.745 bits per heavy atom. The van der Waals surface area contributed by atoms with Crippen LogP contribution in [0.25, 0.3) is 0 Å². The topological polar surface area (TPSA) is 122 Å². The van der Waals surface area contributed by atoms with Crippen LogP contribution in [0, 0.1) is 11.8 Å². The fourth-order valence-corrected chi connectivity index (χ4v) is 7.85. The van der Waals surface area contributed by atoms with Gasteiger partial charge < -0.3 is 25.0 Å². The highest BCUT2D eigenvalue weighted by Crippen LogP contribution is 2.39. The second-order valence-corrected chi connectivity index (χ2v) is 16.0. The molecule has 55 heavy (non-hydrogen) atoms. The highest BCUT2D eigenvalue weighted by atomic mass is 16.6. The molecule has 8 nitrogen and oxygen atoms in total. The van der Waals surface area contributed by atoms with Crippen molar-refractivity contribution in [2.75, 3.05) is 0 Å². The number of benzene rings is 2. The van der Waals surface area contributed by atoms with Gasteiger partial charge in [-0.25, -0.2) is 4.79 Å². The van der Waals surface area contributed by atoms with E-state index < -0.39 is 6.04 Å². The molecule has 8 heteroatoms. The molecule has 1 aliphatic heterocycles. The highest BCUT2D eigenvalue weighted by Gasteiger charge is 2.43. The first-order chi connectivity index (χ1) is 26.6. The average Bonchev–Trinajstić information content (AvgIpc) is 3.16. The number of phenols is 2. The van der Waals surface area contributed by atoms with Gasteiger partial charge in [0.1, 0.15) is 29.7 Å². The number of unbranched alkanes of at least 4 members (excludes halogenated alkanes) is 11. The summed E-state index contributed by atoms with van der Waals surface area (Å²) < 4.78 is 11.4. The molecular weight excluding hydrogens is 691 g/mol. The molecule has 0 unspecified atom stereocenters. The summed E-state index contributed by atoms with van der Waals surface area (Å²) in [5.41, 5.74) is 2.51. The average molecular weight is 766 g/mol. The molecule has 0 aliphatic carbocycles. The van der Waals surface area contributed by atoms with Crippen LogP contribution in [-0.2, 0) is 23.9 Å². The van der Waals surface area contributed by atoms with Gasteiger partial charge in [0, 0.05) is 6.42 Å². The number of amides is 1. The van der Waals surface area contributed by atoms with Crippen LogP contribution >= 0.6 is 0 Å². The molecule has 1 saturated heterocycles. The van der Waals surface area contributed by atoms with Gasteiger partial charge in [-0.15, -0.1) is 0 Å². The van der Waals surface area contributed by atoms with E-state index in [9.17, 15) is 24.6 Å². The first kappa shape index (κ1) is 47.6. The second kappa shape index (κ2) is 27.9. The maximum absolute atomic E-state index is 12.9. The lowest BCUT2D eigenvalue weighted by atomic mass is 9.78. The number of nitrogens with one attached hydrogen (secondary N) is 1. The maximum Gasteiger partial charge on any atom is 0.328 e. The van der Waals surface area contributed by atoms with Crippen LogP contribution in [-0.4, -0.2) is 46.8 Å². The van der Waals surface area contributed by atoms with Crippen molar-refractivity contribution in [1.29, 1.82) is 0 Å². The quantitative estimate of drug-likeness (QED) is 0.0448. The van der Waals surface area contributed by atoms with Crippen molar-refractivity contribution in [3.63, 3.8) is 0 Å². The van der Waals surface area contributed by atoms with Gasteiger partial charge in [0.15, 0.2) is 0 Å². The van der Waals surface area contributed by atoms with Crippen LogP contribution in [0.4, 0.5) is 0 Å². The number of carbonyl (C=O) groups is 3. The van der Waals surface area contributed by atoms with E-state index in [2.05, 4.69) is 33.0 Å². The summed E-state index contributed by atoms with van der Waals surface area (Å²) in [5.74, 6) is 1.15. The summed E-state index contributed by atoms with van der Waals surface area (Å²) in [7, 11) is 0. The molecule has 1 heterocycles. The molecule has 1 amide bonds. The van der Waals surface area contributed by atoms with E-state index in [0.29, 0.717) is 42.6 Å². The van der Waals surface area contributed by atoms with Gasteiger partial charge in [-0.2, -0.15) is 0 Å². The Bertz CT molecular complexity index is 1260. The van der Waals surface area contributed by atoms with E-state index in [1.807, 2.05) is 38.1 Å². The molecule has 2 aromatic carbocycles. The number of hydrogen-bond donors (Lipinski definition) is 3. The van der Waals surface area contributed by atoms with Gasteiger partial charge in [0.05, 0.1) is 5.92 Å². The smallest absolute Gasteiger partial charge is 0.328 e. The van der Waals surface area contributed by atoms with Crippen LogP contribution in [0.2, 0.25) is 0 Å². The second-order valence-electron chi connectivity index (χ2n) is 16.0. The Balaban J connectivity index is 0.000000439. The molecule has 3 rings (SSSR count). The van der Waals surface area contributed by atoms with Crippen LogP contribution in [0.15, 0.2) is 48.5 Å². The minimum absolute atomic E-state index is 0.0734. The molecule has 310 valence electrons. The Morgan fingerprint density at radius 3 is 1.65 bits per heavy atom. The maximum atomic E-state index is 12.9. The van der Waals surface area contributed by atoms with Crippen molar-refractivity contribution in [3.05, 3.63) is 59.7 Å².